The van der Waals surface area contributed by atoms with E-state index in [9.17, 15) is 70.4 Å². The van der Waals surface area contributed by atoms with E-state index in [0.717, 1.165) is 11.1 Å². The Labute approximate surface area is 627 Å². The second-order valence-electron chi connectivity index (χ2n) is 25.4. The topological polar surface area (TPSA) is 453 Å². The number of nitrogens with zero attached hydrogens (tertiary/aromatic N) is 4. The zero-order valence-electron chi connectivity index (χ0n) is 60.2. The van der Waals surface area contributed by atoms with Crippen LogP contribution in [0, 0.1) is 11.6 Å². The van der Waals surface area contributed by atoms with Gasteiger partial charge in [0.25, 0.3) is 15.9 Å². The van der Waals surface area contributed by atoms with Gasteiger partial charge in [-0.25, -0.2) is 40.8 Å². The molecule has 1 fully saturated rings. The second-order valence-corrected chi connectivity index (χ2v) is 29.5. The minimum absolute atomic E-state index is 0.0343. The molecular weight excluding hydrogens is 1470 g/mol. The molecule has 12 N–H and O–H groups in total. The highest BCUT2D eigenvalue weighted by molar-refractivity contribution is 7.93. The number of likely N-dealkylation sites (tertiary alicyclic amines) is 1. The van der Waals surface area contributed by atoms with Gasteiger partial charge in [0.15, 0.2) is 0 Å². The number of anilines is 6. The number of carbonyl (C=O) groups excluding carboxylic acids is 7. The molecule has 33 nitrogen and oxygen atoms in total. The number of sulfonamides is 1. The van der Waals surface area contributed by atoms with Gasteiger partial charge in [0.1, 0.15) is 47.1 Å². The van der Waals surface area contributed by atoms with Crippen molar-refractivity contribution in [1.29, 1.82) is 0 Å². The molecule has 0 radical (unpaired) electrons. The fourth-order valence-corrected chi connectivity index (χ4v) is 13.7. The minimum Gasteiger partial charge on any atom is -0.493 e. The van der Waals surface area contributed by atoms with Gasteiger partial charge in [0, 0.05) is 78.3 Å². The van der Waals surface area contributed by atoms with Gasteiger partial charge in [-0.2, -0.15) is 9.35 Å². The third kappa shape index (κ3) is 27.2. The summed E-state index contributed by atoms with van der Waals surface area (Å²) in [6.07, 6.45) is 3.21. The molecule has 586 valence electrons. The molecule has 0 aliphatic carbocycles. The maximum Gasteiger partial charge on any atom is 0.319 e. The molecule has 0 unspecified atom stereocenters. The number of aromatic nitrogens is 2. The van der Waals surface area contributed by atoms with E-state index in [1.807, 2.05) is 13.8 Å². The molecule has 0 saturated carbocycles. The summed E-state index contributed by atoms with van der Waals surface area (Å²) >= 11 is 0. The van der Waals surface area contributed by atoms with E-state index in [1.165, 1.54) is 116 Å². The van der Waals surface area contributed by atoms with Gasteiger partial charge in [0.05, 0.1) is 97.8 Å². The summed E-state index contributed by atoms with van der Waals surface area (Å²) < 4.78 is 106. The van der Waals surface area contributed by atoms with Crippen molar-refractivity contribution >= 4 is 108 Å². The fourth-order valence-electron chi connectivity index (χ4n) is 11.3. The third-order valence-electron chi connectivity index (χ3n) is 16.4. The Morgan fingerprint density at radius 3 is 2.08 bits per heavy atom. The van der Waals surface area contributed by atoms with Gasteiger partial charge in [0.2, 0.25) is 23.6 Å². The number of nitrogens with one attached hydrogen (secondary N) is 10. The molecule has 2 aliphatic heterocycles. The quantitative estimate of drug-likeness (QED) is 0.0173. The summed E-state index contributed by atoms with van der Waals surface area (Å²) in [5.74, 6) is -6.87. The third-order valence-corrected chi connectivity index (χ3v) is 19.2. The highest BCUT2D eigenvalue weighted by Crippen LogP contribution is 2.35. The highest BCUT2D eigenvalue weighted by Gasteiger charge is 2.39. The SMILES string of the molecule is CCCNC(=O)Nc1cccc(S(=O)(=O)Nc2cccc([C@@H](CC(=O)O)NC(=O)Nc3ccc(NC(=O)NCCOCCOCCOCCC(=O)N[C@@H](CC(=O)O)C(=O)N4CCC[C@H]4C(=O)N[C@@H](C)C(=O)N=[S@](C)(=O)Cc4cc5nc(c4)O[C@@H](C)CCCCOc4cc(F)ccc4-c4cc(ncc4F)N5)cc3)c2)c1. The molecule has 4 aromatic carbocycles. The molecule has 10 amide bonds. The van der Waals surface area contributed by atoms with E-state index >= 15 is 4.39 Å². The van der Waals surface area contributed by atoms with Gasteiger partial charge in [-0.15, -0.1) is 0 Å². The van der Waals surface area contributed by atoms with E-state index in [2.05, 4.69) is 66.9 Å². The van der Waals surface area contributed by atoms with Gasteiger partial charge in [-0.3, -0.25) is 33.5 Å². The standard InChI is InChI=1S/C72H88F2N14O19S2/c1-5-24-75-70(97)81-51-13-9-15-53(38-51)109(101,102)86-52-14-8-12-47(36-52)57(40-65(90)91)83-72(99)80-50-20-18-49(19-21-50)79-71(98)76-25-29-104-31-33-105-32-30-103-28-23-63(89)82-58(41-66(92)93)69(96)88-26-10-16-59(88)68(95)78-45(3)67(94)87-108(4,100)43-46-34-62-84-61-39-55(56(74)42-77-61)54-22-17-48(73)37-60(54)106-27-7-6-11-44(2)107-64(35-46)85-62/h8-9,12-15,17-22,34-39,42,44-45,57-59,86H,5-7,10-11,16,23-33,40-41,43H2,1-4H3,(H,78,95)(H,82,89)(H,90,91)(H,92,93)(H2,75,81,97)(H2,76,79,98)(H,77,84,85)(H2,80,83,99)/t44-,45-,57+,58-,59-,108+/m0/s1. The van der Waals surface area contributed by atoms with Crippen LogP contribution in [0.3, 0.4) is 0 Å². The lowest BCUT2D eigenvalue weighted by Crippen LogP contribution is -2.55. The summed E-state index contributed by atoms with van der Waals surface area (Å²) in [6, 6.07) is 18.7. The smallest absolute Gasteiger partial charge is 0.319 e. The Morgan fingerprint density at radius 1 is 0.697 bits per heavy atom. The first-order valence-electron chi connectivity index (χ1n) is 34.9. The predicted octanol–water partition coefficient (Wildman–Crippen LogP) is 8.01. The summed E-state index contributed by atoms with van der Waals surface area (Å²) in [7, 11) is -7.59. The monoisotopic (exact) mass is 1550 g/mol. The van der Waals surface area contributed by atoms with Crippen molar-refractivity contribution < 1.29 is 98.5 Å². The number of benzene rings is 4. The molecule has 8 rings (SSSR count). The normalized spacial score (nSPS) is 15.5. The number of amides is 10. The Hall–Kier alpha value is -11.2. The number of aliphatic carboxylic acids is 2. The number of halogens is 2. The number of carboxylic acids is 2. The molecule has 4 bridgehead atoms. The summed E-state index contributed by atoms with van der Waals surface area (Å²) in [5, 5.41) is 43.1. The Balaban J connectivity index is 0.705. The van der Waals surface area contributed by atoms with Crippen LogP contribution in [0.5, 0.6) is 11.6 Å². The Kier molecular flexibility index (Phi) is 31.2. The van der Waals surface area contributed by atoms with E-state index < -0.39 is 122 Å². The number of hydrogen-bond acceptors (Lipinski definition) is 20. The zero-order valence-corrected chi connectivity index (χ0v) is 61.8. The van der Waals surface area contributed by atoms with Crippen LogP contribution in [0.25, 0.3) is 11.1 Å². The molecule has 1 saturated heterocycles. The van der Waals surface area contributed by atoms with Crippen molar-refractivity contribution in [3.63, 3.8) is 0 Å². The highest BCUT2D eigenvalue weighted by atomic mass is 32.2. The average Bonchev–Trinajstić information content (AvgIpc) is 1.14. The molecular formula is C72H88F2N14O19S2. The van der Waals surface area contributed by atoms with Crippen LogP contribution in [-0.2, 0) is 68.5 Å². The van der Waals surface area contributed by atoms with Crippen LogP contribution in [0.2, 0.25) is 0 Å². The first-order valence-corrected chi connectivity index (χ1v) is 38.5. The Morgan fingerprint density at radius 2 is 1.37 bits per heavy atom. The van der Waals surface area contributed by atoms with Gasteiger partial charge in [-0.05, 0) is 142 Å². The van der Waals surface area contributed by atoms with E-state index in [1.54, 1.807) is 6.07 Å². The van der Waals surface area contributed by atoms with Crippen LogP contribution < -0.4 is 62.0 Å². The van der Waals surface area contributed by atoms with Crippen LogP contribution in [0.4, 0.5) is 57.5 Å². The van der Waals surface area contributed by atoms with Crippen molar-refractivity contribution in [2.75, 3.05) is 98.1 Å². The van der Waals surface area contributed by atoms with E-state index in [4.69, 9.17) is 23.7 Å². The molecule has 0 spiro atoms. The summed E-state index contributed by atoms with van der Waals surface area (Å²) in [4.78, 5) is 126. The first-order chi connectivity index (χ1) is 52.1. The van der Waals surface area contributed by atoms with E-state index in [-0.39, 0.29) is 140 Å². The van der Waals surface area contributed by atoms with Crippen molar-refractivity contribution in [3.8, 4) is 22.8 Å². The largest absolute Gasteiger partial charge is 0.493 e. The molecule has 109 heavy (non-hydrogen) atoms. The lowest BCUT2D eigenvalue weighted by Gasteiger charge is -2.28. The summed E-state index contributed by atoms with van der Waals surface area (Å²) in [6.45, 7) is 6.30. The van der Waals surface area contributed by atoms with Crippen LogP contribution >= 0.6 is 0 Å². The van der Waals surface area contributed by atoms with Crippen molar-refractivity contribution in [3.05, 3.63) is 138 Å². The number of ether oxygens (including phenoxy) is 5. The first kappa shape index (κ1) is 83.5. The lowest BCUT2D eigenvalue weighted by atomic mass is 10.0. The van der Waals surface area contributed by atoms with Crippen molar-refractivity contribution in [2.24, 2.45) is 4.36 Å². The number of hydrogen-bond donors (Lipinski definition) is 12. The van der Waals surface area contributed by atoms with Gasteiger partial charge < -0.3 is 86.6 Å². The minimum atomic E-state index is -4.19. The second kappa shape index (κ2) is 40.7. The van der Waals surface area contributed by atoms with Crippen LogP contribution in [-0.4, -0.2) is 188 Å². The lowest BCUT2D eigenvalue weighted by molar-refractivity contribution is -0.146. The van der Waals surface area contributed by atoms with E-state index in [0.29, 0.717) is 55.5 Å². The number of rotatable bonds is 33. The number of urea groups is 3. The maximum atomic E-state index is 15.3. The van der Waals surface area contributed by atoms with Crippen molar-refractivity contribution in [1.82, 2.24) is 41.5 Å². The summed E-state index contributed by atoms with van der Waals surface area (Å²) in [5.41, 5.74) is 1.98. The fraction of sp³-hybridized carbons (Fsp3) is 0.403. The molecule has 6 aromatic rings. The number of pyridine rings is 2. The average molecular weight is 1560 g/mol. The van der Waals surface area contributed by atoms with Crippen molar-refractivity contribution in [2.45, 2.75) is 119 Å². The predicted molar refractivity (Wildman–Crippen MR) is 397 cm³/mol. The van der Waals surface area contributed by atoms with Crippen LogP contribution in [0.1, 0.15) is 95.7 Å². The van der Waals surface area contributed by atoms with Gasteiger partial charge in [-0.1, -0.05) is 25.1 Å². The molecule has 2 aliphatic rings. The number of carbonyl (C=O) groups is 9. The molecule has 4 heterocycles. The zero-order chi connectivity index (χ0) is 78.6. The molecule has 6 atom stereocenters. The number of fused-ring (bicyclic) bond motifs is 6. The Bertz CT molecular complexity index is 4480. The number of carboxylic acid groups (broad SMARTS) is 2. The van der Waals surface area contributed by atoms with Gasteiger partial charge >= 0.3 is 30.0 Å². The molecule has 2 aromatic heterocycles. The molecule has 37 heteroatoms. The maximum absolute atomic E-state index is 15.3. The van der Waals surface area contributed by atoms with Crippen LogP contribution in [0.15, 0.2) is 125 Å².